The lowest BCUT2D eigenvalue weighted by Crippen LogP contribution is -2.32. The molecule has 4 heteroatoms. The zero-order valence-corrected chi connectivity index (χ0v) is 13.3. The van der Waals surface area contributed by atoms with Gasteiger partial charge in [0.25, 0.3) is 0 Å². The molecule has 0 aliphatic heterocycles. The summed E-state index contributed by atoms with van der Waals surface area (Å²) in [6.07, 6.45) is 1.95. The van der Waals surface area contributed by atoms with Crippen LogP contribution in [-0.2, 0) is 0 Å². The van der Waals surface area contributed by atoms with Crippen molar-refractivity contribution in [1.82, 2.24) is 14.9 Å². The Morgan fingerprint density at radius 3 is 2.33 bits per heavy atom. The molecule has 2 atom stereocenters. The van der Waals surface area contributed by atoms with Crippen LogP contribution in [0.1, 0.15) is 36.7 Å². The number of hydrogen-bond donors (Lipinski definition) is 2. The molecule has 114 valence electrons. The third-order valence-corrected chi connectivity index (χ3v) is 3.89. The maximum atomic E-state index is 9.03. The molecule has 0 aliphatic rings. The molecule has 0 spiro atoms. The zero-order valence-electron chi connectivity index (χ0n) is 13.3. The molecule has 2 N–H and O–H groups in total. The number of hydrogen-bond acceptors (Lipinski definition) is 3. The van der Waals surface area contributed by atoms with Crippen molar-refractivity contribution in [2.75, 3.05) is 13.2 Å². The van der Waals surface area contributed by atoms with Crippen molar-refractivity contribution in [3.05, 3.63) is 47.4 Å². The number of nitrogens with one attached hydrogen (secondary N) is 1. The molecule has 4 nitrogen and oxygen atoms in total. The van der Waals surface area contributed by atoms with Crippen LogP contribution in [0.15, 0.2) is 30.5 Å². The van der Waals surface area contributed by atoms with Gasteiger partial charge >= 0.3 is 0 Å². The lowest BCUT2D eigenvalue weighted by atomic mass is 10.0. The van der Waals surface area contributed by atoms with Gasteiger partial charge in [0, 0.05) is 30.2 Å². The van der Waals surface area contributed by atoms with Crippen molar-refractivity contribution in [1.29, 1.82) is 0 Å². The molecule has 0 saturated carbocycles. The lowest BCUT2D eigenvalue weighted by molar-refractivity contribution is 0.250. The van der Waals surface area contributed by atoms with E-state index in [1.807, 2.05) is 13.1 Å². The van der Waals surface area contributed by atoms with Crippen molar-refractivity contribution in [3.8, 4) is 5.82 Å². The van der Waals surface area contributed by atoms with Crippen LogP contribution in [0, 0.1) is 13.8 Å². The highest BCUT2D eigenvalue weighted by Gasteiger charge is 2.09. The summed E-state index contributed by atoms with van der Waals surface area (Å²) in [5.41, 5.74) is 3.59. The predicted molar refractivity (Wildman–Crippen MR) is 86.0 cm³/mol. The number of aliphatic hydroxyl groups excluding tert-OH is 1. The monoisotopic (exact) mass is 287 g/mol. The number of pyridine rings is 1. The fourth-order valence-corrected chi connectivity index (χ4v) is 2.41. The van der Waals surface area contributed by atoms with E-state index in [4.69, 9.17) is 5.11 Å². The minimum Gasteiger partial charge on any atom is -0.395 e. The first-order chi connectivity index (χ1) is 10.0. The number of aromatic nitrogens is 2. The highest BCUT2D eigenvalue weighted by molar-refractivity contribution is 5.33. The highest BCUT2D eigenvalue weighted by Crippen LogP contribution is 2.18. The summed E-state index contributed by atoms with van der Waals surface area (Å²) in [6.45, 7) is 9.32. The fourth-order valence-electron chi connectivity index (χ4n) is 2.41. The van der Waals surface area contributed by atoms with Crippen molar-refractivity contribution in [3.63, 3.8) is 0 Å². The van der Waals surface area contributed by atoms with Gasteiger partial charge in [-0.15, -0.1) is 0 Å². The largest absolute Gasteiger partial charge is 0.395 e. The number of rotatable bonds is 6. The minimum absolute atomic E-state index is 0.129. The van der Waals surface area contributed by atoms with E-state index in [1.165, 1.54) is 17.0 Å². The van der Waals surface area contributed by atoms with E-state index in [1.54, 1.807) is 0 Å². The van der Waals surface area contributed by atoms with Gasteiger partial charge in [0.05, 0.1) is 6.61 Å². The third kappa shape index (κ3) is 3.71. The number of aryl methyl sites for hydroxylation is 2. The molecule has 21 heavy (non-hydrogen) atoms. The first kappa shape index (κ1) is 15.7. The van der Waals surface area contributed by atoms with Gasteiger partial charge in [0.2, 0.25) is 0 Å². The Bertz CT molecular complexity index is 555. The molecule has 0 fully saturated rings. The maximum absolute atomic E-state index is 9.03. The Morgan fingerprint density at radius 2 is 1.81 bits per heavy atom. The molecule has 0 aliphatic carbocycles. The Hall–Kier alpha value is -1.65. The SMILES string of the molecule is Cc1ccc(C)n1-c1ccc([C@@H](C)CN[C@@H](C)CO)cn1. The molecule has 2 aromatic rings. The second-order valence-corrected chi connectivity index (χ2v) is 5.79. The quantitative estimate of drug-likeness (QED) is 0.858. The van der Waals surface area contributed by atoms with Gasteiger partial charge in [-0.25, -0.2) is 4.98 Å². The third-order valence-electron chi connectivity index (χ3n) is 3.89. The van der Waals surface area contributed by atoms with Crippen LogP contribution in [0.2, 0.25) is 0 Å². The van der Waals surface area contributed by atoms with E-state index in [0.29, 0.717) is 5.92 Å². The molecule has 2 rings (SSSR count). The predicted octanol–water partition coefficient (Wildman–Crippen LogP) is 2.56. The Balaban J connectivity index is 2.08. The summed E-state index contributed by atoms with van der Waals surface area (Å²) < 4.78 is 2.15. The van der Waals surface area contributed by atoms with Crippen molar-refractivity contribution >= 4 is 0 Å². The molecule has 0 saturated heterocycles. The minimum atomic E-state index is 0.129. The van der Waals surface area contributed by atoms with Gasteiger partial charge in [0.15, 0.2) is 0 Å². The Morgan fingerprint density at radius 1 is 1.14 bits per heavy atom. The second kappa shape index (κ2) is 6.87. The zero-order chi connectivity index (χ0) is 15.4. The van der Waals surface area contributed by atoms with Crippen LogP contribution in [-0.4, -0.2) is 33.9 Å². The van der Waals surface area contributed by atoms with E-state index >= 15 is 0 Å². The van der Waals surface area contributed by atoms with E-state index in [0.717, 1.165) is 12.4 Å². The van der Waals surface area contributed by atoms with Crippen LogP contribution < -0.4 is 5.32 Å². The Labute approximate surface area is 126 Å². The fraction of sp³-hybridized carbons (Fsp3) is 0.471. The molecule has 0 radical (unpaired) electrons. The van der Waals surface area contributed by atoms with Crippen molar-refractivity contribution < 1.29 is 5.11 Å². The molecule has 0 unspecified atom stereocenters. The van der Waals surface area contributed by atoms with Gasteiger partial charge < -0.3 is 15.0 Å². The summed E-state index contributed by atoms with van der Waals surface area (Å²) in [6, 6.07) is 8.55. The van der Waals surface area contributed by atoms with Gasteiger partial charge in [-0.05, 0) is 50.5 Å². The average Bonchev–Trinajstić information content (AvgIpc) is 2.83. The molecule has 2 aromatic heterocycles. The average molecular weight is 287 g/mol. The van der Waals surface area contributed by atoms with Gasteiger partial charge in [0.1, 0.15) is 5.82 Å². The molecule has 0 bridgehead atoms. The summed E-state index contributed by atoms with van der Waals surface area (Å²) >= 11 is 0. The molecular weight excluding hydrogens is 262 g/mol. The van der Waals surface area contributed by atoms with Crippen LogP contribution in [0.3, 0.4) is 0 Å². The number of aliphatic hydroxyl groups is 1. The van der Waals surface area contributed by atoms with E-state index in [2.05, 4.69) is 59.9 Å². The van der Waals surface area contributed by atoms with E-state index in [9.17, 15) is 0 Å². The normalized spacial score (nSPS) is 14.1. The Kier molecular flexibility index (Phi) is 5.15. The van der Waals surface area contributed by atoms with Crippen LogP contribution in [0.5, 0.6) is 0 Å². The standard InChI is InChI=1S/C17H25N3O/c1-12(9-18-13(2)11-21)16-7-8-17(19-10-16)20-14(3)5-6-15(20)4/h5-8,10,12-13,18,21H,9,11H2,1-4H3/t12-,13-/m0/s1. The molecule has 0 amide bonds. The summed E-state index contributed by atoms with van der Waals surface area (Å²) in [5.74, 6) is 1.33. The smallest absolute Gasteiger partial charge is 0.136 e. The van der Waals surface area contributed by atoms with Gasteiger partial charge in [-0.3, -0.25) is 0 Å². The first-order valence-electron chi connectivity index (χ1n) is 7.48. The van der Waals surface area contributed by atoms with Crippen LogP contribution >= 0.6 is 0 Å². The number of nitrogens with zero attached hydrogens (tertiary/aromatic N) is 2. The topological polar surface area (TPSA) is 50.1 Å². The van der Waals surface area contributed by atoms with E-state index in [-0.39, 0.29) is 12.6 Å². The molecular formula is C17H25N3O. The second-order valence-electron chi connectivity index (χ2n) is 5.79. The summed E-state index contributed by atoms with van der Waals surface area (Å²) in [4.78, 5) is 4.60. The van der Waals surface area contributed by atoms with Crippen LogP contribution in [0.4, 0.5) is 0 Å². The highest BCUT2D eigenvalue weighted by atomic mass is 16.3. The van der Waals surface area contributed by atoms with Crippen LogP contribution in [0.25, 0.3) is 5.82 Å². The first-order valence-corrected chi connectivity index (χ1v) is 7.48. The molecule has 0 aromatic carbocycles. The van der Waals surface area contributed by atoms with Gasteiger partial charge in [-0.2, -0.15) is 0 Å². The van der Waals surface area contributed by atoms with Crippen molar-refractivity contribution in [2.45, 2.75) is 39.7 Å². The molecule has 2 heterocycles. The summed E-state index contributed by atoms with van der Waals surface area (Å²) in [7, 11) is 0. The summed E-state index contributed by atoms with van der Waals surface area (Å²) in [5, 5.41) is 12.3. The van der Waals surface area contributed by atoms with Crippen molar-refractivity contribution in [2.24, 2.45) is 0 Å². The van der Waals surface area contributed by atoms with E-state index < -0.39 is 0 Å². The maximum Gasteiger partial charge on any atom is 0.136 e. The van der Waals surface area contributed by atoms with Gasteiger partial charge in [-0.1, -0.05) is 13.0 Å². The lowest BCUT2D eigenvalue weighted by Gasteiger charge is -2.17.